The third-order valence-electron chi connectivity index (χ3n) is 5.49. The van der Waals surface area contributed by atoms with Crippen molar-refractivity contribution in [3.8, 4) is 28.2 Å². The quantitative estimate of drug-likeness (QED) is 0.378. The summed E-state index contributed by atoms with van der Waals surface area (Å²) in [4.78, 5) is 0. The fraction of sp³-hybridized carbons (Fsp3) is 0.160. The van der Waals surface area contributed by atoms with Gasteiger partial charge in [0, 0.05) is 21.7 Å². The lowest BCUT2D eigenvalue weighted by molar-refractivity contribution is 0.828. The molecule has 0 atom stereocenters. The minimum Gasteiger partial charge on any atom is -0.232 e. The van der Waals surface area contributed by atoms with Crippen molar-refractivity contribution in [1.82, 2.24) is 9.78 Å². The van der Waals surface area contributed by atoms with Gasteiger partial charge < -0.3 is 0 Å². The molecule has 0 N–H and O–H groups in total. The van der Waals surface area contributed by atoms with E-state index in [2.05, 4.69) is 66.2 Å². The van der Waals surface area contributed by atoms with Crippen LogP contribution < -0.4 is 0 Å². The second-order valence-electron chi connectivity index (χ2n) is 7.44. The lowest BCUT2D eigenvalue weighted by Crippen LogP contribution is -2.01. The van der Waals surface area contributed by atoms with E-state index in [1.54, 1.807) is 0 Å². The maximum Gasteiger partial charge on any atom is 0.0968 e. The first kappa shape index (κ1) is 17.3. The van der Waals surface area contributed by atoms with Crippen LogP contribution in [0, 0.1) is 6.92 Å². The maximum absolute atomic E-state index is 6.16. The predicted octanol–water partition coefficient (Wildman–Crippen LogP) is 6.66. The number of aryl methyl sites for hydroxylation is 2. The van der Waals surface area contributed by atoms with E-state index >= 15 is 0 Å². The number of nitrogens with zero attached hydrogens (tertiary/aromatic N) is 2. The van der Waals surface area contributed by atoms with E-state index in [4.69, 9.17) is 16.7 Å². The summed E-state index contributed by atoms with van der Waals surface area (Å²) in [5.41, 5.74) is 9.82. The molecule has 0 radical (unpaired) electrons. The van der Waals surface area contributed by atoms with Gasteiger partial charge >= 0.3 is 0 Å². The minimum atomic E-state index is 0.751. The summed E-state index contributed by atoms with van der Waals surface area (Å²) in [6.45, 7) is 2.16. The zero-order chi connectivity index (χ0) is 19.1. The topological polar surface area (TPSA) is 17.8 Å². The summed E-state index contributed by atoms with van der Waals surface area (Å²) in [6.07, 6.45) is 3.25. The third-order valence-corrected chi connectivity index (χ3v) is 5.74. The Labute approximate surface area is 170 Å². The van der Waals surface area contributed by atoms with Crippen molar-refractivity contribution in [1.29, 1.82) is 0 Å². The molecular formula is C25H21ClN2. The van der Waals surface area contributed by atoms with Gasteiger partial charge in [0.05, 0.1) is 17.1 Å². The summed E-state index contributed by atoms with van der Waals surface area (Å²) in [5, 5.41) is 5.89. The Morgan fingerprint density at radius 3 is 2.46 bits per heavy atom. The second kappa shape index (κ2) is 6.96. The van der Waals surface area contributed by atoms with Crippen LogP contribution in [-0.2, 0) is 12.8 Å². The molecule has 1 aliphatic rings. The van der Waals surface area contributed by atoms with Crippen molar-refractivity contribution >= 4 is 11.6 Å². The molecule has 0 bridgehead atoms. The molecule has 0 unspecified atom stereocenters. The summed E-state index contributed by atoms with van der Waals surface area (Å²) < 4.78 is 2.10. The minimum absolute atomic E-state index is 0.751. The third kappa shape index (κ3) is 2.94. The highest BCUT2D eigenvalue weighted by Crippen LogP contribution is 2.39. The summed E-state index contributed by atoms with van der Waals surface area (Å²) >= 11 is 6.16. The van der Waals surface area contributed by atoms with Crippen LogP contribution in [0.3, 0.4) is 0 Å². The van der Waals surface area contributed by atoms with Crippen LogP contribution in [0.15, 0.2) is 72.8 Å². The molecule has 3 heteroatoms. The summed E-state index contributed by atoms with van der Waals surface area (Å²) in [6, 6.07) is 25.2. The molecule has 0 spiro atoms. The van der Waals surface area contributed by atoms with Crippen LogP contribution in [0.2, 0.25) is 5.02 Å². The molecule has 28 heavy (non-hydrogen) atoms. The number of rotatable bonds is 2. The normalized spacial score (nSPS) is 12.9. The maximum atomic E-state index is 6.16. The molecule has 1 aliphatic carbocycles. The summed E-state index contributed by atoms with van der Waals surface area (Å²) in [7, 11) is 0. The lowest BCUT2D eigenvalue weighted by Gasteiger charge is -2.10. The van der Waals surface area contributed by atoms with Gasteiger partial charge in [0.15, 0.2) is 0 Å². The van der Waals surface area contributed by atoms with Crippen LogP contribution in [0.5, 0.6) is 0 Å². The largest absolute Gasteiger partial charge is 0.232 e. The first-order valence-electron chi connectivity index (χ1n) is 9.74. The average Bonchev–Trinajstić information content (AvgIpc) is 3.00. The molecular weight excluding hydrogens is 364 g/mol. The van der Waals surface area contributed by atoms with E-state index in [0.717, 1.165) is 41.2 Å². The Balaban J connectivity index is 1.81. The van der Waals surface area contributed by atoms with E-state index in [-0.39, 0.29) is 0 Å². The van der Waals surface area contributed by atoms with E-state index in [1.807, 2.05) is 18.2 Å². The Morgan fingerprint density at radius 2 is 1.68 bits per heavy atom. The fourth-order valence-electron chi connectivity index (χ4n) is 4.18. The number of hydrogen-bond acceptors (Lipinski definition) is 1. The lowest BCUT2D eigenvalue weighted by atomic mass is 9.98. The molecule has 0 saturated heterocycles. The number of aromatic nitrogens is 2. The van der Waals surface area contributed by atoms with Gasteiger partial charge in [-0.2, -0.15) is 5.10 Å². The highest BCUT2D eigenvalue weighted by atomic mass is 35.5. The Morgan fingerprint density at radius 1 is 0.893 bits per heavy atom. The molecule has 2 nitrogen and oxygen atoms in total. The smallest absolute Gasteiger partial charge is 0.0968 e. The number of fused-ring (bicyclic) bond motifs is 3. The standard InChI is InChI=1S/C25H21ClN2/c1-17-10-15-22-19(16-17)6-5-9-23-24(22)27-28(21-7-3-2-4-8-21)25(23)18-11-13-20(26)14-12-18/h2-4,7-8,10-16H,5-6,9H2,1H3. The molecule has 3 aromatic carbocycles. The molecule has 0 fully saturated rings. The van der Waals surface area contributed by atoms with Crippen molar-refractivity contribution in [2.24, 2.45) is 0 Å². The first-order valence-corrected chi connectivity index (χ1v) is 10.1. The number of hydrogen-bond donors (Lipinski definition) is 0. The van der Waals surface area contributed by atoms with E-state index in [1.165, 1.54) is 27.9 Å². The average molecular weight is 385 g/mol. The van der Waals surface area contributed by atoms with Crippen molar-refractivity contribution in [2.45, 2.75) is 26.2 Å². The van der Waals surface area contributed by atoms with Gasteiger partial charge in [-0.1, -0.05) is 65.7 Å². The van der Waals surface area contributed by atoms with Gasteiger partial charge in [0.2, 0.25) is 0 Å². The second-order valence-corrected chi connectivity index (χ2v) is 7.88. The van der Waals surface area contributed by atoms with E-state index in [0.29, 0.717) is 0 Å². The van der Waals surface area contributed by atoms with E-state index < -0.39 is 0 Å². The highest BCUT2D eigenvalue weighted by Gasteiger charge is 2.24. The van der Waals surface area contributed by atoms with Crippen molar-refractivity contribution in [3.63, 3.8) is 0 Å². The van der Waals surface area contributed by atoms with Crippen LogP contribution in [0.25, 0.3) is 28.2 Å². The van der Waals surface area contributed by atoms with Gasteiger partial charge in [-0.3, -0.25) is 0 Å². The molecule has 0 aliphatic heterocycles. The van der Waals surface area contributed by atoms with Gasteiger partial charge in [-0.05, 0) is 56.0 Å². The molecule has 5 rings (SSSR count). The molecule has 0 saturated carbocycles. The van der Waals surface area contributed by atoms with Crippen molar-refractivity contribution < 1.29 is 0 Å². The fourth-order valence-corrected chi connectivity index (χ4v) is 4.31. The van der Waals surface area contributed by atoms with Crippen LogP contribution in [0.1, 0.15) is 23.1 Å². The van der Waals surface area contributed by atoms with Gasteiger partial charge in [0.25, 0.3) is 0 Å². The van der Waals surface area contributed by atoms with Crippen LogP contribution >= 0.6 is 11.6 Å². The van der Waals surface area contributed by atoms with Crippen molar-refractivity contribution in [3.05, 3.63) is 94.5 Å². The Hall–Kier alpha value is -2.84. The van der Waals surface area contributed by atoms with Gasteiger partial charge in [-0.25, -0.2) is 4.68 Å². The zero-order valence-corrected chi connectivity index (χ0v) is 16.6. The highest BCUT2D eigenvalue weighted by molar-refractivity contribution is 6.30. The molecule has 0 amide bonds. The van der Waals surface area contributed by atoms with Crippen LogP contribution in [0.4, 0.5) is 0 Å². The number of para-hydroxylation sites is 1. The molecule has 1 heterocycles. The van der Waals surface area contributed by atoms with E-state index in [9.17, 15) is 0 Å². The molecule has 138 valence electrons. The van der Waals surface area contributed by atoms with Gasteiger partial charge in [-0.15, -0.1) is 0 Å². The van der Waals surface area contributed by atoms with Gasteiger partial charge in [0.1, 0.15) is 0 Å². The number of halogens is 1. The molecule has 4 aromatic rings. The summed E-state index contributed by atoms with van der Waals surface area (Å²) in [5.74, 6) is 0. The van der Waals surface area contributed by atoms with Crippen LogP contribution in [-0.4, -0.2) is 9.78 Å². The Kier molecular flexibility index (Phi) is 4.29. The Bertz CT molecular complexity index is 1140. The zero-order valence-electron chi connectivity index (χ0n) is 15.8. The first-order chi connectivity index (χ1) is 13.7. The predicted molar refractivity (Wildman–Crippen MR) is 116 cm³/mol. The van der Waals surface area contributed by atoms with Crippen molar-refractivity contribution in [2.75, 3.05) is 0 Å². The monoisotopic (exact) mass is 384 g/mol. The number of benzene rings is 3. The molecule has 1 aromatic heterocycles. The SMILES string of the molecule is Cc1ccc2c(c1)CCCc1c-2nn(-c2ccccc2)c1-c1ccc(Cl)cc1.